The van der Waals surface area contributed by atoms with Gasteiger partial charge in [0.15, 0.2) is 0 Å². The lowest BCUT2D eigenvalue weighted by Gasteiger charge is -2.30. The van der Waals surface area contributed by atoms with Crippen LogP contribution >= 0.6 is 23.1 Å². The molecule has 2 aromatic rings. The van der Waals surface area contributed by atoms with E-state index in [1.807, 2.05) is 23.2 Å². The zero-order valence-corrected chi connectivity index (χ0v) is 15.9. The first-order valence-corrected chi connectivity index (χ1v) is 10.6. The zero-order valence-electron chi connectivity index (χ0n) is 14.3. The third-order valence-electron chi connectivity index (χ3n) is 5.11. The second-order valence-corrected chi connectivity index (χ2v) is 9.01. The van der Waals surface area contributed by atoms with Crippen molar-refractivity contribution < 1.29 is 4.79 Å². The summed E-state index contributed by atoms with van der Waals surface area (Å²) in [6.07, 6.45) is 5.80. The van der Waals surface area contributed by atoms with Crippen LogP contribution in [0.2, 0.25) is 0 Å². The number of likely N-dealkylation sites (tertiary alicyclic amines) is 1. The third-order valence-corrected chi connectivity index (χ3v) is 7.26. The Bertz CT molecular complexity index is 778. The summed E-state index contributed by atoms with van der Waals surface area (Å²) in [7, 11) is 0. The smallest absolute Gasteiger partial charge is 0.232 e. The third kappa shape index (κ3) is 3.06. The number of aryl methyl sites for hydroxylation is 3. The standard InChI is InChI=1S/C18H23N3OS2/c1-11-6-8-21(9-7-11)15(22)10-23-17-16-13-4-3-5-14(13)24-18(16)20-12(2)19-17/h11H,3-10H2,1-2H3. The molecule has 4 rings (SSSR count). The average molecular weight is 362 g/mol. The lowest BCUT2D eigenvalue weighted by Crippen LogP contribution is -2.38. The van der Waals surface area contributed by atoms with Crippen LogP contribution in [0.4, 0.5) is 0 Å². The first kappa shape index (κ1) is 16.3. The molecule has 0 atom stereocenters. The molecule has 1 fully saturated rings. The molecular formula is C18H23N3OS2. The summed E-state index contributed by atoms with van der Waals surface area (Å²) >= 11 is 3.42. The number of carbonyl (C=O) groups excluding carboxylic acids is 1. The molecule has 2 aromatic heterocycles. The molecule has 1 aliphatic carbocycles. The van der Waals surface area contributed by atoms with Gasteiger partial charge in [0.1, 0.15) is 15.7 Å². The molecule has 3 heterocycles. The summed E-state index contributed by atoms with van der Waals surface area (Å²) in [6, 6.07) is 0. The maximum atomic E-state index is 12.5. The van der Waals surface area contributed by atoms with Crippen LogP contribution in [0.5, 0.6) is 0 Å². The van der Waals surface area contributed by atoms with E-state index >= 15 is 0 Å². The number of fused-ring (bicyclic) bond motifs is 3. The Balaban J connectivity index is 1.53. The first-order chi connectivity index (χ1) is 11.6. The highest BCUT2D eigenvalue weighted by Gasteiger charge is 2.24. The van der Waals surface area contributed by atoms with E-state index in [0.29, 0.717) is 5.75 Å². The highest BCUT2D eigenvalue weighted by Crippen LogP contribution is 2.40. The van der Waals surface area contributed by atoms with Gasteiger partial charge >= 0.3 is 0 Å². The Hall–Kier alpha value is -1.14. The Morgan fingerprint density at radius 1 is 1.29 bits per heavy atom. The van der Waals surface area contributed by atoms with E-state index in [4.69, 9.17) is 0 Å². The van der Waals surface area contributed by atoms with Gasteiger partial charge in [-0.1, -0.05) is 18.7 Å². The summed E-state index contributed by atoms with van der Waals surface area (Å²) in [5.41, 5.74) is 1.44. The summed E-state index contributed by atoms with van der Waals surface area (Å²) in [5.74, 6) is 2.30. The number of hydrogen-bond acceptors (Lipinski definition) is 5. The van der Waals surface area contributed by atoms with Crippen molar-refractivity contribution in [3.8, 4) is 0 Å². The number of piperidine rings is 1. The largest absolute Gasteiger partial charge is 0.342 e. The number of thioether (sulfide) groups is 1. The van der Waals surface area contributed by atoms with E-state index in [1.54, 1.807) is 11.8 Å². The van der Waals surface area contributed by atoms with Crippen molar-refractivity contribution in [3.63, 3.8) is 0 Å². The fourth-order valence-electron chi connectivity index (χ4n) is 3.65. The zero-order chi connectivity index (χ0) is 16.7. The lowest BCUT2D eigenvalue weighted by atomic mass is 9.99. The molecule has 24 heavy (non-hydrogen) atoms. The summed E-state index contributed by atoms with van der Waals surface area (Å²) < 4.78 is 0. The number of carbonyl (C=O) groups is 1. The molecule has 1 amide bonds. The van der Waals surface area contributed by atoms with Crippen molar-refractivity contribution >= 4 is 39.2 Å². The predicted octanol–water partition coefficient (Wildman–Crippen LogP) is 3.84. The van der Waals surface area contributed by atoms with E-state index in [2.05, 4.69) is 16.9 Å². The predicted molar refractivity (Wildman–Crippen MR) is 99.9 cm³/mol. The summed E-state index contributed by atoms with van der Waals surface area (Å²) in [4.78, 5) is 26.4. The molecule has 6 heteroatoms. The van der Waals surface area contributed by atoms with Crippen molar-refractivity contribution in [3.05, 3.63) is 16.3 Å². The van der Waals surface area contributed by atoms with Gasteiger partial charge in [0, 0.05) is 23.4 Å². The monoisotopic (exact) mass is 361 g/mol. The number of hydrogen-bond donors (Lipinski definition) is 0. The van der Waals surface area contributed by atoms with Gasteiger partial charge in [-0.05, 0) is 50.5 Å². The molecule has 1 aliphatic heterocycles. The molecule has 4 nitrogen and oxygen atoms in total. The lowest BCUT2D eigenvalue weighted by molar-refractivity contribution is -0.129. The fraction of sp³-hybridized carbons (Fsp3) is 0.611. The van der Waals surface area contributed by atoms with Crippen LogP contribution in [0.1, 0.15) is 42.5 Å². The quantitative estimate of drug-likeness (QED) is 0.615. The molecule has 0 unspecified atom stereocenters. The second-order valence-electron chi connectivity index (χ2n) is 6.97. The van der Waals surface area contributed by atoms with Crippen LogP contribution in [0.15, 0.2) is 5.03 Å². The molecule has 0 aromatic carbocycles. The molecule has 1 saturated heterocycles. The van der Waals surface area contributed by atoms with Crippen molar-refractivity contribution in [2.45, 2.75) is 51.0 Å². The first-order valence-electron chi connectivity index (χ1n) is 8.81. The Morgan fingerprint density at radius 3 is 2.88 bits per heavy atom. The normalized spacial score (nSPS) is 18.3. The Labute approximate surface area is 151 Å². The summed E-state index contributed by atoms with van der Waals surface area (Å²) in [5, 5.41) is 2.23. The number of nitrogens with zero attached hydrogens (tertiary/aromatic N) is 3. The highest BCUT2D eigenvalue weighted by molar-refractivity contribution is 8.00. The topological polar surface area (TPSA) is 46.1 Å². The molecule has 0 radical (unpaired) electrons. The maximum Gasteiger partial charge on any atom is 0.232 e. The molecule has 128 valence electrons. The molecule has 0 saturated carbocycles. The van der Waals surface area contributed by atoms with Gasteiger partial charge in [0.2, 0.25) is 5.91 Å². The number of rotatable bonds is 3. The van der Waals surface area contributed by atoms with Crippen LogP contribution in [-0.4, -0.2) is 39.6 Å². The number of aromatic nitrogens is 2. The molecular weight excluding hydrogens is 338 g/mol. The molecule has 2 aliphatic rings. The van der Waals surface area contributed by atoms with Crippen molar-refractivity contribution in [1.29, 1.82) is 0 Å². The second kappa shape index (κ2) is 6.64. The van der Waals surface area contributed by atoms with Crippen LogP contribution in [0.3, 0.4) is 0 Å². The van der Waals surface area contributed by atoms with Crippen LogP contribution in [-0.2, 0) is 17.6 Å². The Morgan fingerprint density at radius 2 is 2.08 bits per heavy atom. The van der Waals surface area contributed by atoms with Crippen LogP contribution < -0.4 is 0 Å². The minimum atomic E-state index is 0.253. The number of thiophene rings is 1. The Kier molecular flexibility index (Phi) is 4.52. The minimum absolute atomic E-state index is 0.253. The molecule has 0 bridgehead atoms. The van der Waals surface area contributed by atoms with Crippen LogP contribution in [0, 0.1) is 12.8 Å². The number of amides is 1. The summed E-state index contributed by atoms with van der Waals surface area (Å²) in [6.45, 7) is 6.04. The van der Waals surface area contributed by atoms with E-state index in [0.717, 1.165) is 54.0 Å². The van der Waals surface area contributed by atoms with Gasteiger partial charge in [-0.25, -0.2) is 9.97 Å². The van der Waals surface area contributed by atoms with Gasteiger partial charge < -0.3 is 4.90 Å². The van der Waals surface area contributed by atoms with Crippen molar-refractivity contribution in [2.75, 3.05) is 18.8 Å². The van der Waals surface area contributed by atoms with E-state index in [-0.39, 0.29) is 5.91 Å². The van der Waals surface area contributed by atoms with E-state index in [9.17, 15) is 4.79 Å². The van der Waals surface area contributed by atoms with Gasteiger partial charge in [-0.3, -0.25) is 4.79 Å². The van der Waals surface area contributed by atoms with Gasteiger partial charge in [0.05, 0.1) is 5.75 Å². The van der Waals surface area contributed by atoms with Gasteiger partial charge in [0.25, 0.3) is 0 Å². The van der Waals surface area contributed by atoms with Gasteiger partial charge in [-0.15, -0.1) is 11.3 Å². The minimum Gasteiger partial charge on any atom is -0.342 e. The van der Waals surface area contributed by atoms with E-state index < -0.39 is 0 Å². The fourth-order valence-corrected chi connectivity index (χ4v) is 6.02. The van der Waals surface area contributed by atoms with Crippen LogP contribution in [0.25, 0.3) is 10.2 Å². The highest BCUT2D eigenvalue weighted by atomic mass is 32.2. The molecule has 0 spiro atoms. The maximum absolute atomic E-state index is 12.5. The average Bonchev–Trinajstić information content (AvgIpc) is 3.13. The SMILES string of the molecule is Cc1nc(SCC(=O)N2CCC(C)CC2)c2c3c(sc2n1)CCC3. The molecule has 0 N–H and O–H groups in total. The van der Waals surface area contributed by atoms with Gasteiger partial charge in [-0.2, -0.15) is 0 Å². The van der Waals surface area contributed by atoms with E-state index in [1.165, 1.54) is 28.7 Å². The van der Waals surface area contributed by atoms with Crippen molar-refractivity contribution in [1.82, 2.24) is 14.9 Å². The van der Waals surface area contributed by atoms with Crippen molar-refractivity contribution in [2.24, 2.45) is 5.92 Å².